The standard InChI is InChI=1S/C14H18N4OS/c1-9-8-20-13(16-9)11-4-3-5-18(7-11)14(19)12-6-15-10(2)17-12/h6,8,11H,3-5,7H2,1-2H3,(H,15,17)/t11-/m1/s1. The van der Waals surface area contributed by atoms with Crippen LogP contribution in [-0.4, -0.2) is 38.8 Å². The minimum atomic E-state index is 0.0450. The number of amides is 1. The minimum absolute atomic E-state index is 0.0450. The van der Waals surface area contributed by atoms with Gasteiger partial charge in [0.15, 0.2) is 0 Å². The van der Waals surface area contributed by atoms with Gasteiger partial charge >= 0.3 is 0 Å². The molecule has 0 aliphatic carbocycles. The predicted octanol–water partition coefficient (Wildman–Crippen LogP) is 2.50. The Labute approximate surface area is 122 Å². The number of aryl methyl sites for hydroxylation is 2. The quantitative estimate of drug-likeness (QED) is 0.924. The molecule has 1 aliphatic heterocycles. The van der Waals surface area contributed by atoms with Crippen LogP contribution in [0, 0.1) is 13.8 Å². The molecule has 20 heavy (non-hydrogen) atoms. The van der Waals surface area contributed by atoms with Crippen LogP contribution in [0.15, 0.2) is 11.6 Å². The smallest absolute Gasteiger partial charge is 0.271 e. The number of H-pyrrole nitrogens is 1. The first-order chi connectivity index (χ1) is 9.63. The summed E-state index contributed by atoms with van der Waals surface area (Å²) in [5.74, 6) is 1.19. The highest BCUT2D eigenvalue weighted by atomic mass is 32.1. The first-order valence-electron chi connectivity index (χ1n) is 6.86. The van der Waals surface area contributed by atoms with Gasteiger partial charge in [0, 0.05) is 30.1 Å². The number of nitrogens with one attached hydrogen (secondary N) is 1. The highest BCUT2D eigenvalue weighted by molar-refractivity contribution is 7.09. The molecule has 3 heterocycles. The Morgan fingerprint density at radius 2 is 2.35 bits per heavy atom. The van der Waals surface area contributed by atoms with Crippen molar-refractivity contribution in [2.24, 2.45) is 0 Å². The van der Waals surface area contributed by atoms with E-state index in [0.717, 1.165) is 42.5 Å². The molecule has 5 nitrogen and oxygen atoms in total. The average molecular weight is 290 g/mol. The first-order valence-corrected chi connectivity index (χ1v) is 7.74. The molecule has 1 N–H and O–H groups in total. The van der Waals surface area contributed by atoms with Crippen molar-refractivity contribution in [3.63, 3.8) is 0 Å². The number of thiazole rings is 1. The first kappa shape index (κ1) is 13.3. The normalized spacial score (nSPS) is 19.3. The average Bonchev–Trinajstić information content (AvgIpc) is 3.07. The zero-order chi connectivity index (χ0) is 14.1. The zero-order valence-corrected chi connectivity index (χ0v) is 12.5. The minimum Gasteiger partial charge on any atom is -0.338 e. The molecule has 0 spiro atoms. The molecule has 2 aromatic heterocycles. The number of aromatic nitrogens is 3. The van der Waals surface area contributed by atoms with E-state index in [4.69, 9.17) is 0 Å². The topological polar surface area (TPSA) is 61.9 Å². The van der Waals surface area contributed by atoms with E-state index in [0.29, 0.717) is 11.6 Å². The number of hydrogen-bond donors (Lipinski definition) is 1. The van der Waals surface area contributed by atoms with Crippen LogP contribution in [0.1, 0.15) is 45.8 Å². The highest BCUT2D eigenvalue weighted by Gasteiger charge is 2.27. The Morgan fingerprint density at radius 1 is 1.50 bits per heavy atom. The fourth-order valence-electron chi connectivity index (χ4n) is 2.62. The van der Waals surface area contributed by atoms with Crippen molar-refractivity contribution in [2.45, 2.75) is 32.6 Å². The van der Waals surface area contributed by atoms with E-state index >= 15 is 0 Å². The molecule has 0 bridgehead atoms. The number of likely N-dealkylation sites (tertiary alicyclic amines) is 1. The fraction of sp³-hybridized carbons (Fsp3) is 0.500. The second-order valence-electron chi connectivity index (χ2n) is 5.30. The third-order valence-electron chi connectivity index (χ3n) is 3.63. The van der Waals surface area contributed by atoms with Crippen LogP contribution in [0.4, 0.5) is 0 Å². The van der Waals surface area contributed by atoms with E-state index in [2.05, 4.69) is 20.3 Å². The zero-order valence-electron chi connectivity index (χ0n) is 11.7. The van der Waals surface area contributed by atoms with Crippen molar-refractivity contribution >= 4 is 17.2 Å². The second-order valence-corrected chi connectivity index (χ2v) is 6.19. The molecular formula is C14H18N4OS. The van der Waals surface area contributed by atoms with Crippen molar-refractivity contribution in [2.75, 3.05) is 13.1 Å². The molecule has 1 atom stereocenters. The maximum absolute atomic E-state index is 12.4. The van der Waals surface area contributed by atoms with Gasteiger partial charge in [-0.2, -0.15) is 0 Å². The van der Waals surface area contributed by atoms with Crippen LogP contribution >= 0.6 is 11.3 Å². The van der Waals surface area contributed by atoms with E-state index in [9.17, 15) is 4.79 Å². The number of piperidine rings is 1. The summed E-state index contributed by atoms with van der Waals surface area (Å²) in [6.07, 6.45) is 3.76. The Morgan fingerprint density at radius 3 is 3.00 bits per heavy atom. The van der Waals surface area contributed by atoms with Gasteiger partial charge in [0.2, 0.25) is 0 Å². The van der Waals surface area contributed by atoms with Gasteiger partial charge in [-0.05, 0) is 26.7 Å². The third-order valence-corrected chi connectivity index (χ3v) is 4.75. The van der Waals surface area contributed by atoms with Crippen LogP contribution in [0.5, 0.6) is 0 Å². The third kappa shape index (κ3) is 2.60. The number of nitrogens with zero attached hydrogens (tertiary/aromatic N) is 3. The molecule has 1 fully saturated rings. The molecule has 0 radical (unpaired) electrons. The predicted molar refractivity (Wildman–Crippen MR) is 78.1 cm³/mol. The molecule has 1 amide bonds. The van der Waals surface area contributed by atoms with E-state index < -0.39 is 0 Å². The molecule has 0 saturated carbocycles. The summed E-state index contributed by atoms with van der Waals surface area (Å²) in [6.45, 7) is 5.44. The van der Waals surface area contributed by atoms with Crippen molar-refractivity contribution < 1.29 is 4.79 Å². The van der Waals surface area contributed by atoms with Gasteiger partial charge in [-0.15, -0.1) is 11.3 Å². The Balaban J connectivity index is 1.73. The summed E-state index contributed by atoms with van der Waals surface area (Å²) < 4.78 is 0. The van der Waals surface area contributed by atoms with Gasteiger partial charge in [-0.3, -0.25) is 4.79 Å². The van der Waals surface area contributed by atoms with Crippen molar-refractivity contribution in [1.29, 1.82) is 0 Å². The van der Waals surface area contributed by atoms with Gasteiger partial charge in [0.25, 0.3) is 5.91 Å². The Hall–Kier alpha value is -1.69. The van der Waals surface area contributed by atoms with Gasteiger partial charge in [0.05, 0.1) is 11.2 Å². The number of imidazole rings is 1. The van der Waals surface area contributed by atoms with Crippen molar-refractivity contribution in [1.82, 2.24) is 19.9 Å². The lowest BCUT2D eigenvalue weighted by atomic mass is 9.98. The molecule has 0 unspecified atom stereocenters. The lowest BCUT2D eigenvalue weighted by Gasteiger charge is -2.31. The second kappa shape index (κ2) is 5.36. The molecular weight excluding hydrogens is 272 g/mol. The van der Waals surface area contributed by atoms with Crippen molar-refractivity contribution in [3.8, 4) is 0 Å². The summed E-state index contributed by atoms with van der Waals surface area (Å²) in [5, 5.41) is 3.23. The highest BCUT2D eigenvalue weighted by Crippen LogP contribution is 2.29. The number of rotatable bonds is 2. The van der Waals surface area contributed by atoms with Gasteiger partial charge in [0.1, 0.15) is 11.5 Å². The summed E-state index contributed by atoms with van der Waals surface area (Å²) in [5.41, 5.74) is 1.65. The Bertz CT molecular complexity index is 618. The van der Waals surface area contributed by atoms with Crippen LogP contribution in [0.25, 0.3) is 0 Å². The molecule has 1 saturated heterocycles. The monoisotopic (exact) mass is 290 g/mol. The molecule has 0 aromatic carbocycles. The number of hydrogen-bond acceptors (Lipinski definition) is 4. The van der Waals surface area contributed by atoms with Crippen molar-refractivity contribution in [3.05, 3.63) is 33.8 Å². The Kier molecular flexibility index (Phi) is 3.56. The molecule has 1 aliphatic rings. The van der Waals surface area contributed by atoms with Crippen LogP contribution in [0.2, 0.25) is 0 Å². The molecule has 106 valence electrons. The number of aromatic amines is 1. The van der Waals surface area contributed by atoms with E-state index in [1.807, 2.05) is 18.7 Å². The van der Waals surface area contributed by atoms with Crippen LogP contribution < -0.4 is 0 Å². The summed E-state index contributed by atoms with van der Waals surface area (Å²) in [6, 6.07) is 0. The SMILES string of the molecule is Cc1csc([C@@H]2CCCN(C(=O)c3cnc(C)[nH]3)C2)n1. The molecule has 6 heteroatoms. The van der Waals surface area contributed by atoms with E-state index in [1.54, 1.807) is 17.5 Å². The van der Waals surface area contributed by atoms with E-state index in [1.165, 1.54) is 0 Å². The van der Waals surface area contributed by atoms with Gasteiger partial charge in [-0.25, -0.2) is 9.97 Å². The maximum Gasteiger partial charge on any atom is 0.271 e. The molecule has 2 aromatic rings. The lowest BCUT2D eigenvalue weighted by molar-refractivity contribution is 0.0701. The van der Waals surface area contributed by atoms with Crippen LogP contribution in [0.3, 0.4) is 0 Å². The number of carbonyl (C=O) groups excluding carboxylic acids is 1. The lowest BCUT2D eigenvalue weighted by Crippen LogP contribution is -2.39. The largest absolute Gasteiger partial charge is 0.338 e. The summed E-state index contributed by atoms with van der Waals surface area (Å²) in [4.78, 5) is 26.0. The van der Waals surface area contributed by atoms with E-state index in [-0.39, 0.29) is 5.91 Å². The molecule has 3 rings (SSSR count). The van der Waals surface area contributed by atoms with Gasteiger partial charge in [-0.1, -0.05) is 0 Å². The summed E-state index contributed by atoms with van der Waals surface area (Å²) >= 11 is 1.70. The summed E-state index contributed by atoms with van der Waals surface area (Å²) in [7, 11) is 0. The maximum atomic E-state index is 12.4. The van der Waals surface area contributed by atoms with Crippen LogP contribution in [-0.2, 0) is 0 Å². The van der Waals surface area contributed by atoms with Gasteiger partial charge < -0.3 is 9.88 Å². The number of carbonyl (C=O) groups is 1. The fourth-order valence-corrected chi connectivity index (χ4v) is 3.55.